The van der Waals surface area contributed by atoms with Gasteiger partial charge in [-0.15, -0.1) is 0 Å². The smallest absolute Gasteiger partial charge is 0.201 e. The summed E-state index contributed by atoms with van der Waals surface area (Å²) in [6, 6.07) is 6.23. The molecule has 0 spiro atoms. The summed E-state index contributed by atoms with van der Waals surface area (Å²) >= 11 is 8.02. The molecule has 3 nitrogen and oxygen atoms in total. The van der Waals surface area contributed by atoms with Crippen LogP contribution in [0.3, 0.4) is 0 Å². The van der Waals surface area contributed by atoms with E-state index in [1.54, 1.807) is 0 Å². The van der Waals surface area contributed by atoms with E-state index in [1.807, 2.05) is 30.0 Å². The molecule has 18 heavy (non-hydrogen) atoms. The number of imidazole rings is 1. The zero-order valence-corrected chi connectivity index (χ0v) is 11.8. The Hall–Kier alpha value is -0.870. The fourth-order valence-electron chi connectivity index (χ4n) is 2.83. The van der Waals surface area contributed by atoms with E-state index in [4.69, 9.17) is 17.3 Å². The van der Waals surface area contributed by atoms with Gasteiger partial charge in [-0.05, 0) is 43.7 Å². The van der Waals surface area contributed by atoms with Gasteiger partial charge in [0.1, 0.15) is 0 Å². The van der Waals surface area contributed by atoms with Crippen molar-refractivity contribution in [3.8, 4) is 0 Å². The standard InChI is InChI=1S/C13H16ClN3S/c1-18-10-4-3-9(7-10)17-12-6-8(14)2-5-11(12)16-13(17)15/h2,5-6,9-10H,3-4,7H2,1H3,(H2,15,16). The lowest BCUT2D eigenvalue weighted by atomic mass is 10.2. The Balaban J connectivity index is 2.05. The number of anilines is 1. The predicted octanol–water partition coefficient (Wildman–Crippen LogP) is 3.73. The third kappa shape index (κ3) is 1.97. The minimum atomic E-state index is 0.464. The van der Waals surface area contributed by atoms with Gasteiger partial charge in [0.15, 0.2) is 0 Å². The Morgan fingerprint density at radius 2 is 2.28 bits per heavy atom. The van der Waals surface area contributed by atoms with Crippen molar-refractivity contribution in [1.82, 2.24) is 9.55 Å². The van der Waals surface area contributed by atoms with Gasteiger partial charge in [-0.2, -0.15) is 11.8 Å². The van der Waals surface area contributed by atoms with Crippen molar-refractivity contribution in [2.75, 3.05) is 12.0 Å². The minimum Gasteiger partial charge on any atom is -0.369 e. The molecule has 1 aromatic heterocycles. The molecular formula is C13H16ClN3S. The highest BCUT2D eigenvalue weighted by atomic mass is 35.5. The highest BCUT2D eigenvalue weighted by Gasteiger charge is 2.27. The van der Waals surface area contributed by atoms with Gasteiger partial charge in [0, 0.05) is 16.3 Å². The zero-order valence-electron chi connectivity index (χ0n) is 10.3. The number of nitrogens with two attached hydrogens (primary N) is 1. The molecule has 96 valence electrons. The summed E-state index contributed by atoms with van der Waals surface area (Å²) in [6.45, 7) is 0. The molecule has 1 heterocycles. The van der Waals surface area contributed by atoms with Crippen LogP contribution in [0.4, 0.5) is 5.95 Å². The number of aromatic nitrogens is 2. The molecule has 2 atom stereocenters. The Bertz CT molecular complexity index is 581. The maximum atomic E-state index is 6.08. The molecule has 1 fully saturated rings. The number of fused-ring (bicyclic) bond motifs is 1. The summed E-state index contributed by atoms with van der Waals surface area (Å²) in [4.78, 5) is 4.42. The van der Waals surface area contributed by atoms with Crippen molar-refractivity contribution in [3.63, 3.8) is 0 Å². The highest BCUT2D eigenvalue weighted by molar-refractivity contribution is 7.99. The third-order valence-corrected chi connectivity index (χ3v) is 5.06. The minimum absolute atomic E-state index is 0.464. The van der Waals surface area contributed by atoms with E-state index in [1.165, 1.54) is 19.3 Å². The monoisotopic (exact) mass is 281 g/mol. The quantitative estimate of drug-likeness (QED) is 0.912. The molecule has 2 aromatic rings. The molecule has 0 aliphatic heterocycles. The maximum absolute atomic E-state index is 6.08. The van der Waals surface area contributed by atoms with Crippen molar-refractivity contribution in [3.05, 3.63) is 23.2 Å². The predicted molar refractivity (Wildman–Crippen MR) is 79.3 cm³/mol. The van der Waals surface area contributed by atoms with Gasteiger partial charge in [0.05, 0.1) is 11.0 Å². The van der Waals surface area contributed by atoms with Crippen LogP contribution >= 0.6 is 23.4 Å². The average molecular weight is 282 g/mol. The van der Waals surface area contributed by atoms with Gasteiger partial charge < -0.3 is 10.3 Å². The fourth-order valence-corrected chi connectivity index (χ4v) is 3.79. The Morgan fingerprint density at radius 3 is 3.00 bits per heavy atom. The third-order valence-electron chi connectivity index (χ3n) is 3.73. The van der Waals surface area contributed by atoms with Crippen LogP contribution < -0.4 is 5.73 Å². The molecular weight excluding hydrogens is 266 g/mol. The summed E-state index contributed by atoms with van der Waals surface area (Å²) in [6.07, 6.45) is 5.78. The number of rotatable bonds is 2. The van der Waals surface area contributed by atoms with E-state index in [2.05, 4.69) is 15.8 Å². The van der Waals surface area contributed by atoms with Crippen LogP contribution in [0.25, 0.3) is 11.0 Å². The Morgan fingerprint density at radius 1 is 1.44 bits per heavy atom. The summed E-state index contributed by atoms with van der Waals surface area (Å²) in [7, 11) is 0. The van der Waals surface area contributed by atoms with Crippen LogP contribution in [0.5, 0.6) is 0 Å². The molecule has 1 saturated carbocycles. The van der Waals surface area contributed by atoms with Crippen molar-refractivity contribution < 1.29 is 0 Å². The van der Waals surface area contributed by atoms with Gasteiger partial charge in [0.25, 0.3) is 0 Å². The van der Waals surface area contributed by atoms with Crippen LogP contribution in [0.15, 0.2) is 18.2 Å². The molecule has 0 saturated heterocycles. The van der Waals surface area contributed by atoms with Crippen molar-refractivity contribution in [2.45, 2.75) is 30.6 Å². The number of hydrogen-bond acceptors (Lipinski definition) is 3. The van der Waals surface area contributed by atoms with Crippen molar-refractivity contribution in [2.24, 2.45) is 0 Å². The van der Waals surface area contributed by atoms with E-state index < -0.39 is 0 Å². The van der Waals surface area contributed by atoms with E-state index in [9.17, 15) is 0 Å². The number of thioether (sulfide) groups is 1. The Labute approximate surface area is 116 Å². The highest BCUT2D eigenvalue weighted by Crippen LogP contribution is 2.39. The molecule has 0 radical (unpaired) electrons. The molecule has 1 aromatic carbocycles. The van der Waals surface area contributed by atoms with Gasteiger partial charge in [-0.25, -0.2) is 4.98 Å². The molecule has 2 unspecified atom stereocenters. The normalized spacial score (nSPS) is 23.9. The molecule has 1 aliphatic carbocycles. The van der Waals surface area contributed by atoms with Crippen LogP contribution in [0.1, 0.15) is 25.3 Å². The first-order valence-electron chi connectivity index (χ1n) is 6.15. The first kappa shape index (κ1) is 12.2. The second-order valence-corrected chi connectivity index (χ2v) is 6.37. The lowest BCUT2D eigenvalue weighted by molar-refractivity contribution is 0.540. The molecule has 0 amide bonds. The maximum Gasteiger partial charge on any atom is 0.201 e. The number of nitrogens with zero attached hydrogens (tertiary/aromatic N) is 2. The first-order valence-corrected chi connectivity index (χ1v) is 7.81. The topological polar surface area (TPSA) is 43.8 Å². The van der Waals surface area contributed by atoms with E-state index >= 15 is 0 Å². The lowest BCUT2D eigenvalue weighted by Crippen LogP contribution is -2.09. The number of halogens is 1. The number of benzene rings is 1. The summed E-state index contributed by atoms with van der Waals surface area (Å²) in [5.41, 5.74) is 8.07. The van der Waals surface area contributed by atoms with Gasteiger partial charge in [-0.1, -0.05) is 11.6 Å². The summed E-state index contributed by atoms with van der Waals surface area (Å²) in [5.74, 6) is 0.610. The van der Waals surface area contributed by atoms with Gasteiger partial charge >= 0.3 is 0 Å². The molecule has 3 rings (SSSR count). The number of hydrogen-bond donors (Lipinski definition) is 1. The molecule has 5 heteroatoms. The zero-order chi connectivity index (χ0) is 12.7. The SMILES string of the molecule is CSC1CCC(n2c(N)nc3ccc(Cl)cc32)C1. The van der Waals surface area contributed by atoms with E-state index in [-0.39, 0.29) is 0 Å². The van der Waals surface area contributed by atoms with Crippen LogP contribution in [0, 0.1) is 0 Å². The van der Waals surface area contributed by atoms with Crippen molar-refractivity contribution in [1.29, 1.82) is 0 Å². The van der Waals surface area contributed by atoms with Crippen LogP contribution in [-0.2, 0) is 0 Å². The van der Waals surface area contributed by atoms with Gasteiger partial charge in [-0.3, -0.25) is 0 Å². The second-order valence-electron chi connectivity index (χ2n) is 4.80. The first-order chi connectivity index (χ1) is 8.69. The summed E-state index contributed by atoms with van der Waals surface area (Å²) in [5, 5.41) is 1.48. The van der Waals surface area contributed by atoms with Crippen LogP contribution in [-0.4, -0.2) is 21.1 Å². The number of nitrogen functional groups attached to an aromatic ring is 1. The molecule has 1 aliphatic rings. The van der Waals surface area contributed by atoms with Gasteiger partial charge in [0.2, 0.25) is 5.95 Å². The van der Waals surface area contributed by atoms with E-state index in [0.29, 0.717) is 12.0 Å². The average Bonchev–Trinajstić information content (AvgIpc) is 2.92. The molecule has 0 bridgehead atoms. The van der Waals surface area contributed by atoms with E-state index in [0.717, 1.165) is 21.3 Å². The second kappa shape index (κ2) is 4.67. The Kier molecular flexibility index (Phi) is 3.16. The van der Waals surface area contributed by atoms with Crippen LogP contribution in [0.2, 0.25) is 5.02 Å². The summed E-state index contributed by atoms with van der Waals surface area (Å²) < 4.78 is 2.16. The lowest BCUT2D eigenvalue weighted by Gasteiger charge is -2.15. The largest absolute Gasteiger partial charge is 0.369 e. The van der Waals surface area contributed by atoms with Crippen molar-refractivity contribution >= 4 is 40.3 Å². The fraction of sp³-hybridized carbons (Fsp3) is 0.462. The molecule has 2 N–H and O–H groups in total.